The molecule has 0 aliphatic rings. The highest BCUT2D eigenvalue weighted by atomic mass is 15.1. The van der Waals surface area contributed by atoms with Gasteiger partial charge in [0.15, 0.2) is 0 Å². The first-order valence-electron chi connectivity index (χ1n) is 14.5. The van der Waals surface area contributed by atoms with E-state index < -0.39 is 0 Å². The fraction of sp³-hybridized carbons (Fsp3) is 0.324. The number of aromatic nitrogens is 3. The smallest absolute Gasteiger partial charge is 0.136 e. The Morgan fingerprint density at radius 3 is 1.68 bits per heavy atom. The molecule has 0 radical (unpaired) electrons. The zero-order valence-corrected chi connectivity index (χ0v) is 25.9. The summed E-state index contributed by atoms with van der Waals surface area (Å²) >= 11 is 0. The number of hydrogen-bond donors (Lipinski definition) is 1. The predicted molar refractivity (Wildman–Crippen MR) is 174 cm³/mol. The Bertz CT molecular complexity index is 1710. The predicted octanol–water partition coefficient (Wildman–Crippen LogP) is 9.99. The molecule has 4 nitrogen and oxygen atoms in total. The summed E-state index contributed by atoms with van der Waals surface area (Å²) in [6.07, 6.45) is 0. The first-order valence-corrected chi connectivity index (χ1v) is 14.5. The average molecular weight is 543 g/mol. The number of rotatable bonds is 4. The molecule has 41 heavy (non-hydrogen) atoms. The van der Waals surface area contributed by atoms with E-state index in [1.807, 2.05) is 24.3 Å². The molecule has 4 heteroatoms. The van der Waals surface area contributed by atoms with E-state index in [-0.39, 0.29) is 16.2 Å². The molecule has 1 N–H and O–H groups in total. The number of nitrogens with zero attached hydrogens (tertiary/aromatic N) is 3. The third-order valence-electron chi connectivity index (χ3n) is 7.53. The van der Waals surface area contributed by atoms with Crippen LogP contribution in [0.4, 0.5) is 11.6 Å². The first kappa shape index (κ1) is 28.5. The number of para-hydroxylation sites is 1. The second-order valence-electron chi connectivity index (χ2n) is 14.0. The van der Waals surface area contributed by atoms with E-state index in [0.29, 0.717) is 0 Å². The summed E-state index contributed by atoms with van der Waals surface area (Å²) in [4.78, 5) is 15.3. The van der Waals surface area contributed by atoms with Crippen LogP contribution in [0.15, 0.2) is 84.9 Å². The summed E-state index contributed by atoms with van der Waals surface area (Å²) in [5.74, 6) is 1.64. The summed E-state index contributed by atoms with van der Waals surface area (Å²) in [7, 11) is 0. The Kier molecular flexibility index (Phi) is 7.23. The molecule has 3 heterocycles. The zero-order valence-electron chi connectivity index (χ0n) is 25.9. The zero-order chi connectivity index (χ0) is 29.6. The van der Waals surface area contributed by atoms with E-state index in [2.05, 4.69) is 128 Å². The van der Waals surface area contributed by atoms with E-state index >= 15 is 0 Å². The van der Waals surface area contributed by atoms with Crippen molar-refractivity contribution < 1.29 is 0 Å². The Morgan fingerprint density at radius 1 is 0.488 bits per heavy atom. The number of fused-ring (bicyclic) bond motifs is 1. The van der Waals surface area contributed by atoms with E-state index in [9.17, 15) is 0 Å². The Morgan fingerprint density at radius 2 is 1.05 bits per heavy atom. The molecule has 5 rings (SSSR count). The van der Waals surface area contributed by atoms with Gasteiger partial charge in [0.25, 0.3) is 0 Å². The van der Waals surface area contributed by atoms with Crippen LogP contribution in [0.1, 0.15) is 79.0 Å². The summed E-state index contributed by atoms with van der Waals surface area (Å²) in [6.45, 7) is 20.1. The first-order chi connectivity index (χ1) is 19.2. The van der Waals surface area contributed by atoms with Crippen molar-refractivity contribution in [1.29, 1.82) is 0 Å². The largest absolute Gasteiger partial charge is 0.324 e. The van der Waals surface area contributed by atoms with Gasteiger partial charge in [0.2, 0.25) is 0 Å². The van der Waals surface area contributed by atoms with Gasteiger partial charge in [-0.05, 0) is 52.1 Å². The maximum Gasteiger partial charge on any atom is 0.136 e. The number of benzene rings is 2. The third-order valence-corrected chi connectivity index (χ3v) is 7.53. The molecule has 0 aliphatic carbocycles. The molecule has 0 aliphatic heterocycles. The molecule has 0 atom stereocenters. The molecule has 0 saturated carbocycles. The molecule has 0 saturated heterocycles. The quantitative estimate of drug-likeness (QED) is 0.245. The van der Waals surface area contributed by atoms with Gasteiger partial charge in [0.1, 0.15) is 11.6 Å². The standard InChI is InChI=1S/C37H42N4/c1-35(2,3)26-15-12-14-25(23-26)30-21-18-27(36(4,5)6)33(39-30)41-34-28(37(7,8)9)19-22-32(40-34)31-20-17-24-13-10-11-16-29(24)38-31/h10-23H,1-9H3,(H,39,40,41). The van der Waals surface area contributed by atoms with E-state index in [1.54, 1.807) is 0 Å². The fourth-order valence-corrected chi connectivity index (χ4v) is 5.09. The van der Waals surface area contributed by atoms with Crippen LogP contribution in [0.25, 0.3) is 33.5 Å². The fourth-order valence-electron chi connectivity index (χ4n) is 5.09. The van der Waals surface area contributed by atoms with E-state index in [0.717, 1.165) is 56.3 Å². The van der Waals surface area contributed by atoms with Gasteiger partial charge in [-0.2, -0.15) is 0 Å². The maximum atomic E-state index is 5.23. The molecule has 0 unspecified atom stereocenters. The minimum atomic E-state index is -0.120. The van der Waals surface area contributed by atoms with Gasteiger partial charge >= 0.3 is 0 Å². The van der Waals surface area contributed by atoms with Crippen molar-refractivity contribution in [2.75, 3.05) is 5.32 Å². The van der Waals surface area contributed by atoms with Crippen LogP contribution in [0, 0.1) is 0 Å². The second-order valence-corrected chi connectivity index (χ2v) is 14.0. The molecule has 3 aromatic heterocycles. The Hall–Kier alpha value is -4.05. The topological polar surface area (TPSA) is 50.7 Å². The second kappa shape index (κ2) is 10.4. The third kappa shape index (κ3) is 6.17. The van der Waals surface area contributed by atoms with E-state index in [4.69, 9.17) is 15.0 Å². The lowest BCUT2D eigenvalue weighted by Gasteiger charge is -2.26. The molecule has 5 aromatic rings. The van der Waals surface area contributed by atoms with Crippen molar-refractivity contribution in [3.8, 4) is 22.6 Å². The summed E-state index contributed by atoms with van der Waals surface area (Å²) in [5, 5.41) is 4.82. The highest BCUT2D eigenvalue weighted by Gasteiger charge is 2.25. The Labute approximate surface area is 245 Å². The van der Waals surface area contributed by atoms with Gasteiger partial charge in [0.05, 0.1) is 22.6 Å². The lowest BCUT2D eigenvalue weighted by atomic mass is 9.85. The maximum absolute atomic E-state index is 5.23. The van der Waals surface area contributed by atoms with Crippen molar-refractivity contribution in [2.24, 2.45) is 0 Å². The number of anilines is 2. The summed E-state index contributed by atoms with van der Waals surface area (Å²) in [5.41, 5.74) is 8.09. The monoisotopic (exact) mass is 542 g/mol. The van der Waals surface area contributed by atoms with Gasteiger partial charge in [0, 0.05) is 22.1 Å². The minimum Gasteiger partial charge on any atom is -0.324 e. The van der Waals surface area contributed by atoms with Gasteiger partial charge in [-0.15, -0.1) is 0 Å². The van der Waals surface area contributed by atoms with Crippen LogP contribution in [-0.2, 0) is 16.2 Å². The SMILES string of the molecule is CC(C)(C)c1cccc(-c2ccc(C(C)(C)C)c(Nc3nc(-c4ccc5ccccc5n4)ccc3C(C)(C)C)n2)c1. The van der Waals surface area contributed by atoms with Gasteiger partial charge in [-0.3, -0.25) is 0 Å². The number of nitrogens with one attached hydrogen (secondary N) is 1. The molecular formula is C37H42N4. The number of hydrogen-bond acceptors (Lipinski definition) is 4. The van der Waals surface area contributed by atoms with Crippen LogP contribution < -0.4 is 5.32 Å². The Balaban J connectivity index is 1.64. The minimum absolute atomic E-state index is 0.0607. The highest BCUT2D eigenvalue weighted by molar-refractivity contribution is 5.81. The van der Waals surface area contributed by atoms with Crippen molar-refractivity contribution in [1.82, 2.24) is 15.0 Å². The van der Waals surface area contributed by atoms with Crippen LogP contribution >= 0.6 is 0 Å². The molecule has 2 aromatic carbocycles. The lowest BCUT2D eigenvalue weighted by Crippen LogP contribution is -2.18. The van der Waals surface area contributed by atoms with Gasteiger partial charge in [-0.1, -0.05) is 117 Å². The van der Waals surface area contributed by atoms with Crippen molar-refractivity contribution in [3.63, 3.8) is 0 Å². The molecular weight excluding hydrogens is 500 g/mol. The lowest BCUT2D eigenvalue weighted by molar-refractivity contribution is 0.586. The molecule has 0 bridgehead atoms. The van der Waals surface area contributed by atoms with Gasteiger partial charge in [-0.25, -0.2) is 15.0 Å². The van der Waals surface area contributed by atoms with Crippen LogP contribution in [0.5, 0.6) is 0 Å². The number of pyridine rings is 3. The van der Waals surface area contributed by atoms with Gasteiger partial charge < -0.3 is 5.32 Å². The normalized spacial score (nSPS) is 12.5. The van der Waals surface area contributed by atoms with Crippen molar-refractivity contribution >= 4 is 22.5 Å². The van der Waals surface area contributed by atoms with Crippen LogP contribution in [0.3, 0.4) is 0 Å². The highest BCUT2D eigenvalue weighted by Crippen LogP contribution is 2.37. The van der Waals surface area contributed by atoms with Crippen molar-refractivity contribution in [2.45, 2.75) is 78.6 Å². The van der Waals surface area contributed by atoms with Crippen LogP contribution in [0.2, 0.25) is 0 Å². The molecule has 0 fully saturated rings. The molecule has 0 spiro atoms. The summed E-state index contributed by atoms with van der Waals surface area (Å²) in [6, 6.07) is 29.7. The average Bonchev–Trinajstić information content (AvgIpc) is 2.91. The molecule has 210 valence electrons. The van der Waals surface area contributed by atoms with Crippen molar-refractivity contribution in [3.05, 3.63) is 102 Å². The molecule has 0 amide bonds. The van der Waals surface area contributed by atoms with E-state index in [1.165, 1.54) is 5.56 Å². The summed E-state index contributed by atoms with van der Waals surface area (Å²) < 4.78 is 0. The van der Waals surface area contributed by atoms with Crippen LogP contribution in [-0.4, -0.2) is 15.0 Å².